The largest absolute Gasteiger partial charge is 0.476 e. The summed E-state index contributed by atoms with van der Waals surface area (Å²) in [6, 6.07) is 3.54. The molecular formula is C13H15N3O4. The lowest BCUT2D eigenvalue weighted by atomic mass is 10.2. The number of anilines is 1. The topological polar surface area (TPSA) is 97.5 Å². The molecule has 0 saturated carbocycles. The first-order chi connectivity index (χ1) is 9.60. The van der Waals surface area contributed by atoms with Crippen molar-refractivity contribution in [1.29, 1.82) is 0 Å². The van der Waals surface area contributed by atoms with Crippen LogP contribution in [0.3, 0.4) is 0 Å². The summed E-state index contributed by atoms with van der Waals surface area (Å²) < 4.78 is 10.2. The van der Waals surface area contributed by atoms with Crippen molar-refractivity contribution < 1.29 is 19.1 Å². The summed E-state index contributed by atoms with van der Waals surface area (Å²) in [5, 5.41) is 12.0. The molecule has 7 nitrogen and oxygen atoms in total. The van der Waals surface area contributed by atoms with E-state index in [9.17, 15) is 4.79 Å². The van der Waals surface area contributed by atoms with E-state index >= 15 is 0 Å². The fraction of sp³-hybridized carbons (Fsp3) is 0.308. The zero-order chi connectivity index (χ0) is 14.5. The minimum absolute atomic E-state index is 0.0990. The highest BCUT2D eigenvalue weighted by Crippen LogP contribution is 2.21. The molecular weight excluding hydrogens is 262 g/mol. The molecule has 2 heterocycles. The number of nitrogens with zero attached hydrogens (tertiary/aromatic N) is 2. The molecule has 2 aromatic heterocycles. The number of hydrogen-bond acceptors (Lipinski definition) is 6. The van der Waals surface area contributed by atoms with E-state index in [-0.39, 0.29) is 17.6 Å². The van der Waals surface area contributed by atoms with Crippen molar-refractivity contribution in [2.45, 2.75) is 13.0 Å². The van der Waals surface area contributed by atoms with Crippen molar-refractivity contribution in [3.8, 4) is 11.5 Å². The minimum atomic E-state index is -1.12. The Morgan fingerprint density at radius 3 is 3.05 bits per heavy atom. The molecule has 1 atom stereocenters. The summed E-state index contributed by atoms with van der Waals surface area (Å²) in [7, 11) is 1.63. The van der Waals surface area contributed by atoms with Gasteiger partial charge in [-0.25, -0.2) is 14.8 Å². The number of aromatic nitrogens is 2. The standard InChI is InChI=1S/C13H15N3O4/c1-8(6-19-2)15-11-5-9(3-4-14-11)12-16-10(7-20-12)13(17)18/h3-5,7-8H,6H2,1-2H3,(H,14,15)(H,17,18). The maximum Gasteiger partial charge on any atom is 0.357 e. The van der Waals surface area contributed by atoms with Gasteiger partial charge in [0.1, 0.15) is 12.1 Å². The van der Waals surface area contributed by atoms with Crippen LogP contribution in [0.15, 0.2) is 29.0 Å². The van der Waals surface area contributed by atoms with Gasteiger partial charge in [0.2, 0.25) is 5.89 Å². The quantitative estimate of drug-likeness (QED) is 0.831. The van der Waals surface area contributed by atoms with Crippen molar-refractivity contribution in [3.05, 3.63) is 30.3 Å². The van der Waals surface area contributed by atoms with Gasteiger partial charge in [0.25, 0.3) is 0 Å². The van der Waals surface area contributed by atoms with Crippen molar-refractivity contribution in [1.82, 2.24) is 9.97 Å². The molecule has 0 aliphatic rings. The Balaban J connectivity index is 2.18. The van der Waals surface area contributed by atoms with Gasteiger partial charge in [-0.15, -0.1) is 0 Å². The van der Waals surface area contributed by atoms with Crippen LogP contribution in [-0.4, -0.2) is 40.8 Å². The Morgan fingerprint density at radius 2 is 2.40 bits per heavy atom. The highest BCUT2D eigenvalue weighted by molar-refractivity contribution is 5.85. The van der Waals surface area contributed by atoms with E-state index in [0.717, 1.165) is 6.26 Å². The van der Waals surface area contributed by atoms with Gasteiger partial charge in [0, 0.05) is 24.9 Å². The molecule has 0 aliphatic heterocycles. The number of nitrogens with one attached hydrogen (secondary N) is 1. The van der Waals surface area contributed by atoms with Gasteiger partial charge in [-0.2, -0.15) is 0 Å². The number of aromatic carboxylic acids is 1. The third kappa shape index (κ3) is 3.33. The maximum absolute atomic E-state index is 10.8. The van der Waals surface area contributed by atoms with E-state index in [0.29, 0.717) is 18.0 Å². The molecule has 0 saturated heterocycles. The van der Waals surface area contributed by atoms with Crippen LogP contribution >= 0.6 is 0 Å². The summed E-state index contributed by atoms with van der Waals surface area (Å²) in [5.74, 6) is -0.240. The lowest BCUT2D eigenvalue weighted by molar-refractivity contribution is 0.0690. The predicted octanol–water partition coefficient (Wildman–Crippen LogP) is 1.88. The van der Waals surface area contributed by atoms with Gasteiger partial charge in [0.05, 0.1) is 6.61 Å². The third-order valence-corrected chi connectivity index (χ3v) is 2.54. The third-order valence-electron chi connectivity index (χ3n) is 2.54. The van der Waals surface area contributed by atoms with E-state index in [1.807, 2.05) is 6.92 Å². The van der Waals surface area contributed by atoms with Crippen LogP contribution in [-0.2, 0) is 4.74 Å². The Labute approximate surface area is 115 Å². The smallest absolute Gasteiger partial charge is 0.357 e. The highest BCUT2D eigenvalue weighted by Gasteiger charge is 2.12. The molecule has 7 heteroatoms. The monoisotopic (exact) mass is 277 g/mol. The molecule has 1 unspecified atom stereocenters. The first-order valence-electron chi connectivity index (χ1n) is 6.01. The van der Waals surface area contributed by atoms with E-state index in [4.69, 9.17) is 14.3 Å². The second-order valence-corrected chi connectivity index (χ2v) is 4.27. The molecule has 0 fully saturated rings. The van der Waals surface area contributed by atoms with Crippen LogP contribution < -0.4 is 5.32 Å². The molecule has 0 spiro atoms. The Morgan fingerprint density at radius 1 is 1.60 bits per heavy atom. The molecule has 20 heavy (non-hydrogen) atoms. The first-order valence-corrected chi connectivity index (χ1v) is 6.01. The summed E-state index contributed by atoms with van der Waals surface area (Å²) in [6.07, 6.45) is 2.71. The summed E-state index contributed by atoms with van der Waals surface area (Å²) in [6.45, 7) is 2.51. The number of carboxylic acid groups (broad SMARTS) is 1. The molecule has 0 aliphatic carbocycles. The lowest BCUT2D eigenvalue weighted by Gasteiger charge is -2.13. The van der Waals surface area contributed by atoms with Crippen LogP contribution in [0.25, 0.3) is 11.5 Å². The Hall–Kier alpha value is -2.41. The number of oxazole rings is 1. The van der Waals surface area contributed by atoms with Crippen molar-refractivity contribution >= 4 is 11.8 Å². The molecule has 2 aromatic rings. The zero-order valence-electron chi connectivity index (χ0n) is 11.2. The van der Waals surface area contributed by atoms with Gasteiger partial charge in [0.15, 0.2) is 5.69 Å². The number of rotatable bonds is 6. The van der Waals surface area contributed by atoms with Gasteiger partial charge in [-0.1, -0.05) is 0 Å². The van der Waals surface area contributed by atoms with E-state index < -0.39 is 5.97 Å². The highest BCUT2D eigenvalue weighted by atomic mass is 16.5. The Kier molecular flexibility index (Phi) is 4.31. The fourth-order valence-corrected chi connectivity index (χ4v) is 1.69. The fourth-order valence-electron chi connectivity index (χ4n) is 1.69. The van der Waals surface area contributed by atoms with E-state index in [1.165, 1.54) is 0 Å². The molecule has 2 N–H and O–H groups in total. The van der Waals surface area contributed by atoms with Crippen molar-refractivity contribution in [3.63, 3.8) is 0 Å². The average molecular weight is 277 g/mol. The second-order valence-electron chi connectivity index (χ2n) is 4.27. The van der Waals surface area contributed by atoms with Crippen molar-refractivity contribution in [2.75, 3.05) is 19.0 Å². The van der Waals surface area contributed by atoms with E-state index in [2.05, 4.69) is 15.3 Å². The zero-order valence-corrected chi connectivity index (χ0v) is 11.2. The molecule has 0 bridgehead atoms. The van der Waals surface area contributed by atoms with Gasteiger partial charge in [-0.3, -0.25) is 0 Å². The van der Waals surface area contributed by atoms with Gasteiger partial charge >= 0.3 is 5.97 Å². The maximum atomic E-state index is 10.8. The number of hydrogen-bond donors (Lipinski definition) is 2. The normalized spacial score (nSPS) is 12.1. The van der Waals surface area contributed by atoms with Gasteiger partial charge < -0.3 is 19.6 Å². The lowest BCUT2D eigenvalue weighted by Crippen LogP contribution is -2.21. The number of pyridine rings is 1. The van der Waals surface area contributed by atoms with Crippen LogP contribution in [0.4, 0.5) is 5.82 Å². The average Bonchev–Trinajstić information content (AvgIpc) is 2.89. The molecule has 106 valence electrons. The van der Waals surface area contributed by atoms with Crippen LogP contribution in [0.2, 0.25) is 0 Å². The van der Waals surface area contributed by atoms with Crippen LogP contribution in [0, 0.1) is 0 Å². The minimum Gasteiger partial charge on any atom is -0.476 e. The number of carboxylic acids is 1. The predicted molar refractivity (Wildman–Crippen MR) is 71.7 cm³/mol. The number of carbonyl (C=O) groups is 1. The Bertz CT molecular complexity index is 597. The molecule has 0 radical (unpaired) electrons. The summed E-state index contributed by atoms with van der Waals surface area (Å²) >= 11 is 0. The summed E-state index contributed by atoms with van der Waals surface area (Å²) in [5.41, 5.74) is 0.527. The van der Waals surface area contributed by atoms with Crippen LogP contribution in [0.1, 0.15) is 17.4 Å². The number of ether oxygens (including phenoxy) is 1. The molecule has 0 amide bonds. The number of methoxy groups -OCH3 is 1. The van der Waals surface area contributed by atoms with Crippen LogP contribution in [0.5, 0.6) is 0 Å². The molecule has 0 aromatic carbocycles. The first kappa shape index (κ1) is 14.0. The van der Waals surface area contributed by atoms with Crippen molar-refractivity contribution in [2.24, 2.45) is 0 Å². The second kappa shape index (κ2) is 6.16. The van der Waals surface area contributed by atoms with E-state index in [1.54, 1.807) is 25.4 Å². The molecule has 2 rings (SSSR count). The SMILES string of the molecule is COCC(C)Nc1cc(-c2nc(C(=O)O)co2)ccn1. The summed E-state index contributed by atoms with van der Waals surface area (Å²) in [4.78, 5) is 18.8. The van der Waals surface area contributed by atoms with Gasteiger partial charge in [-0.05, 0) is 19.1 Å².